The van der Waals surface area contributed by atoms with E-state index >= 15 is 0 Å². The molecular formula is C19H16BrClN4O. The molecule has 2 aromatic carbocycles. The number of nitrogens with one attached hydrogen (secondary N) is 1. The molecule has 0 spiro atoms. The number of benzene rings is 2. The smallest absolute Gasteiger partial charge is 0.266 e. The molecule has 26 heavy (non-hydrogen) atoms. The molecule has 0 aliphatic heterocycles. The topological polar surface area (TPSA) is 59.3 Å². The van der Waals surface area contributed by atoms with E-state index in [1.165, 1.54) is 0 Å². The maximum atomic E-state index is 12.3. The van der Waals surface area contributed by atoms with Crippen LogP contribution in [0, 0.1) is 6.92 Å². The molecule has 3 rings (SSSR count). The summed E-state index contributed by atoms with van der Waals surface area (Å²) in [6.45, 7) is 2.52. The molecule has 3 aromatic rings. The average Bonchev–Trinajstić information content (AvgIpc) is 2.99. The van der Waals surface area contributed by atoms with Crippen LogP contribution in [-0.4, -0.2) is 21.9 Å². The minimum atomic E-state index is -0.378. The first kappa shape index (κ1) is 18.4. The van der Waals surface area contributed by atoms with Gasteiger partial charge in [-0.3, -0.25) is 9.48 Å². The quantitative estimate of drug-likeness (QED) is 0.480. The van der Waals surface area contributed by atoms with Gasteiger partial charge < -0.3 is 0 Å². The molecule has 1 N–H and O–H groups in total. The molecule has 0 aliphatic carbocycles. The van der Waals surface area contributed by atoms with Crippen LogP contribution >= 0.6 is 27.5 Å². The molecule has 0 fully saturated rings. The predicted molar refractivity (Wildman–Crippen MR) is 107 cm³/mol. The summed E-state index contributed by atoms with van der Waals surface area (Å²) < 4.78 is 2.29. The van der Waals surface area contributed by atoms with Gasteiger partial charge in [0, 0.05) is 11.2 Å². The van der Waals surface area contributed by atoms with Crippen LogP contribution in [0.1, 0.15) is 27.2 Å². The van der Waals surface area contributed by atoms with Gasteiger partial charge in [-0.15, -0.1) is 0 Å². The van der Waals surface area contributed by atoms with Crippen molar-refractivity contribution in [3.05, 3.63) is 86.6 Å². The second-order valence-electron chi connectivity index (χ2n) is 5.71. The van der Waals surface area contributed by atoms with Gasteiger partial charge in [0.2, 0.25) is 0 Å². The highest BCUT2D eigenvalue weighted by Gasteiger charge is 2.14. The second-order valence-corrected chi connectivity index (χ2v) is 7.00. The van der Waals surface area contributed by atoms with Crippen LogP contribution in [0.3, 0.4) is 0 Å². The van der Waals surface area contributed by atoms with Crippen molar-refractivity contribution in [2.75, 3.05) is 0 Å². The van der Waals surface area contributed by atoms with Crippen molar-refractivity contribution in [1.82, 2.24) is 15.2 Å². The van der Waals surface area contributed by atoms with E-state index in [1.54, 1.807) is 17.1 Å². The zero-order valence-corrected chi connectivity index (χ0v) is 16.3. The van der Waals surface area contributed by atoms with E-state index in [0.717, 1.165) is 16.7 Å². The van der Waals surface area contributed by atoms with Gasteiger partial charge in [0.05, 0.1) is 17.2 Å². The number of nitrogens with zero attached hydrogens (tertiary/aromatic N) is 3. The van der Waals surface area contributed by atoms with Gasteiger partial charge in [-0.05, 0) is 51.7 Å². The average molecular weight is 432 g/mol. The van der Waals surface area contributed by atoms with Crippen molar-refractivity contribution in [1.29, 1.82) is 0 Å². The Labute approximate surface area is 164 Å². The molecule has 0 atom stereocenters. The lowest BCUT2D eigenvalue weighted by Gasteiger charge is -2.02. The van der Waals surface area contributed by atoms with Crippen LogP contribution < -0.4 is 5.43 Å². The monoisotopic (exact) mass is 430 g/mol. The highest BCUT2D eigenvalue weighted by atomic mass is 79.9. The minimum Gasteiger partial charge on any atom is -0.266 e. The normalized spacial score (nSPS) is 11.0. The number of aryl methyl sites for hydroxylation is 1. The Morgan fingerprint density at radius 3 is 2.73 bits per heavy atom. The molecule has 1 amide bonds. The first-order valence-corrected chi connectivity index (χ1v) is 9.06. The van der Waals surface area contributed by atoms with E-state index in [1.807, 2.05) is 55.5 Å². The zero-order chi connectivity index (χ0) is 18.5. The van der Waals surface area contributed by atoms with Crippen molar-refractivity contribution in [3.8, 4) is 0 Å². The molecule has 1 heterocycles. The van der Waals surface area contributed by atoms with Crippen molar-refractivity contribution in [2.24, 2.45) is 5.10 Å². The van der Waals surface area contributed by atoms with Gasteiger partial charge in [-0.2, -0.15) is 10.2 Å². The van der Waals surface area contributed by atoms with Crippen molar-refractivity contribution in [2.45, 2.75) is 13.5 Å². The fraction of sp³-hybridized carbons (Fsp3) is 0.105. The number of carbonyl (C=O) groups excluding carboxylic acids is 1. The summed E-state index contributed by atoms with van der Waals surface area (Å²) in [5, 5.41) is 9.02. The number of hydrazone groups is 1. The van der Waals surface area contributed by atoms with E-state index in [9.17, 15) is 4.79 Å². The molecule has 1 aromatic heterocycles. The third-order valence-electron chi connectivity index (χ3n) is 3.75. The Morgan fingerprint density at radius 2 is 2.00 bits per heavy atom. The number of hydrogen-bond acceptors (Lipinski definition) is 3. The molecule has 0 saturated heterocycles. The number of carbonyl (C=O) groups is 1. The van der Waals surface area contributed by atoms with Crippen LogP contribution in [0.4, 0.5) is 0 Å². The van der Waals surface area contributed by atoms with E-state index in [2.05, 4.69) is 31.6 Å². The van der Waals surface area contributed by atoms with E-state index in [-0.39, 0.29) is 11.6 Å². The Balaban J connectivity index is 1.67. The van der Waals surface area contributed by atoms with Gasteiger partial charge in [0.1, 0.15) is 0 Å². The van der Waals surface area contributed by atoms with Crippen LogP contribution in [0.2, 0.25) is 5.02 Å². The zero-order valence-electron chi connectivity index (χ0n) is 14.0. The third-order valence-corrected chi connectivity index (χ3v) is 4.58. The number of amides is 1. The van der Waals surface area contributed by atoms with Crippen molar-refractivity contribution < 1.29 is 4.79 Å². The first-order chi connectivity index (χ1) is 12.5. The molecule has 7 heteroatoms. The molecule has 0 unspecified atom stereocenters. The summed E-state index contributed by atoms with van der Waals surface area (Å²) in [4.78, 5) is 12.3. The SMILES string of the molecule is Cc1ccccc1/C=N\NC(=O)c1nn(Cc2ccc(Cl)cc2)cc1Br. The van der Waals surface area contributed by atoms with Gasteiger partial charge in [-0.1, -0.05) is 48.0 Å². The van der Waals surface area contributed by atoms with Crippen LogP contribution in [0.25, 0.3) is 0 Å². The Hall–Kier alpha value is -2.44. The van der Waals surface area contributed by atoms with E-state index in [0.29, 0.717) is 16.0 Å². The fourth-order valence-electron chi connectivity index (χ4n) is 2.35. The molecule has 0 saturated carbocycles. The predicted octanol–water partition coefficient (Wildman–Crippen LogP) is 4.42. The largest absolute Gasteiger partial charge is 0.293 e. The lowest BCUT2D eigenvalue weighted by Crippen LogP contribution is -2.19. The summed E-state index contributed by atoms with van der Waals surface area (Å²) in [7, 11) is 0. The highest BCUT2D eigenvalue weighted by Crippen LogP contribution is 2.17. The summed E-state index contributed by atoms with van der Waals surface area (Å²) in [6.07, 6.45) is 3.38. The lowest BCUT2D eigenvalue weighted by atomic mass is 10.1. The maximum Gasteiger partial charge on any atom is 0.293 e. The first-order valence-electron chi connectivity index (χ1n) is 7.89. The van der Waals surface area contributed by atoms with E-state index in [4.69, 9.17) is 11.6 Å². The minimum absolute atomic E-state index is 0.279. The van der Waals surface area contributed by atoms with Crippen LogP contribution in [0.15, 0.2) is 64.3 Å². The number of halogens is 2. The summed E-state index contributed by atoms with van der Waals surface area (Å²) in [5.41, 5.74) is 5.85. The van der Waals surface area contributed by atoms with Gasteiger partial charge in [0.15, 0.2) is 5.69 Å². The van der Waals surface area contributed by atoms with Crippen molar-refractivity contribution in [3.63, 3.8) is 0 Å². The van der Waals surface area contributed by atoms with Gasteiger partial charge >= 0.3 is 0 Å². The highest BCUT2D eigenvalue weighted by molar-refractivity contribution is 9.10. The summed E-state index contributed by atoms with van der Waals surface area (Å²) in [6, 6.07) is 15.3. The number of aromatic nitrogens is 2. The maximum absolute atomic E-state index is 12.3. The number of hydrogen-bond donors (Lipinski definition) is 1. The van der Waals surface area contributed by atoms with Gasteiger partial charge in [0.25, 0.3) is 5.91 Å². The Morgan fingerprint density at radius 1 is 1.27 bits per heavy atom. The summed E-state index contributed by atoms with van der Waals surface area (Å²) in [5.74, 6) is -0.378. The lowest BCUT2D eigenvalue weighted by molar-refractivity contribution is 0.0948. The second kappa shape index (κ2) is 8.29. The van der Waals surface area contributed by atoms with Crippen LogP contribution in [-0.2, 0) is 6.54 Å². The number of rotatable bonds is 5. The van der Waals surface area contributed by atoms with Crippen molar-refractivity contribution >= 4 is 39.7 Å². The van der Waals surface area contributed by atoms with E-state index < -0.39 is 0 Å². The molecule has 5 nitrogen and oxygen atoms in total. The molecule has 132 valence electrons. The fourth-order valence-corrected chi connectivity index (χ4v) is 2.98. The molecule has 0 radical (unpaired) electrons. The Bertz CT molecular complexity index is 950. The van der Waals surface area contributed by atoms with Gasteiger partial charge in [-0.25, -0.2) is 5.43 Å². The van der Waals surface area contributed by atoms with Crippen LogP contribution in [0.5, 0.6) is 0 Å². The summed E-state index contributed by atoms with van der Waals surface area (Å²) >= 11 is 9.27. The standard InChI is InChI=1S/C19H16BrClN4O/c1-13-4-2-3-5-15(13)10-22-23-19(26)18-17(20)12-25(24-18)11-14-6-8-16(21)9-7-14/h2-10,12H,11H2,1H3,(H,23,26)/b22-10-. The third kappa shape index (κ3) is 4.59. The Kier molecular flexibility index (Phi) is 5.85. The molecular weight excluding hydrogens is 416 g/mol. The molecule has 0 bridgehead atoms. The molecule has 0 aliphatic rings.